The zero-order chi connectivity index (χ0) is 16.3. The number of fused-ring (bicyclic) bond motifs is 1. The molecule has 6 heteroatoms. The number of carbonyl (C=O) groups excluding carboxylic acids is 2. The molecule has 2 N–H and O–H groups in total. The second-order valence-electron chi connectivity index (χ2n) is 5.63. The van der Waals surface area contributed by atoms with Gasteiger partial charge in [-0.3, -0.25) is 9.69 Å². The average molecular weight is 305 g/mol. The fourth-order valence-corrected chi connectivity index (χ4v) is 2.65. The standard InChI is InChI=1S/C16H23N3O3/c1-4-11(2)14-15(21)17-12-7-5-6-8-13(12)19(14)16(22)18(3)9-10-20/h5-8,11,14,20H,4,9-10H2,1-3H3,(H,17,21)/t11-,14-/m0/s1. The van der Waals surface area contributed by atoms with Crippen molar-refractivity contribution in [3.63, 3.8) is 0 Å². The fraction of sp³-hybridized carbons (Fsp3) is 0.500. The maximum absolute atomic E-state index is 12.8. The zero-order valence-electron chi connectivity index (χ0n) is 13.2. The second kappa shape index (κ2) is 6.79. The Kier molecular flexibility index (Phi) is 5.03. The van der Waals surface area contributed by atoms with E-state index in [1.165, 1.54) is 4.90 Å². The number of amides is 3. The molecule has 2 atom stereocenters. The van der Waals surface area contributed by atoms with Crippen molar-refractivity contribution in [2.24, 2.45) is 5.92 Å². The molecule has 0 saturated heterocycles. The summed E-state index contributed by atoms with van der Waals surface area (Å²) in [5.74, 6) is -0.140. The van der Waals surface area contributed by atoms with Crippen LogP contribution in [0.15, 0.2) is 24.3 Å². The van der Waals surface area contributed by atoms with E-state index in [0.29, 0.717) is 11.4 Å². The lowest BCUT2D eigenvalue weighted by Crippen LogP contribution is -2.57. The van der Waals surface area contributed by atoms with Gasteiger partial charge in [0.2, 0.25) is 5.91 Å². The third kappa shape index (κ3) is 2.92. The Morgan fingerprint density at radius 1 is 1.45 bits per heavy atom. The molecule has 1 aromatic carbocycles. The van der Waals surface area contributed by atoms with E-state index < -0.39 is 6.04 Å². The summed E-state index contributed by atoms with van der Waals surface area (Å²) in [4.78, 5) is 28.3. The first-order valence-electron chi connectivity index (χ1n) is 7.56. The minimum atomic E-state index is -0.548. The predicted octanol–water partition coefficient (Wildman–Crippen LogP) is 1.90. The second-order valence-corrected chi connectivity index (χ2v) is 5.63. The van der Waals surface area contributed by atoms with E-state index in [1.807, 2.05) is 32.0 Å². The summed E-state index contributed by atoms with van der Waals surface area (Å²) >= 11 is 0. The van der Waals surface area contributed by atoms with Crippen molar-refractivity contribution in [2.45, 2.75) is 26.3 Å². The van der Waals surface area contributed by atoms with Gasteiger partial charge in [0.25, 0.3) is 0 Å². The van der Waals surface area contributed by atoms with Gasteiger partial charge in [-0.15, -0.1) is 0 Å². The predicted molar refractivity (Wildman–Crippen MR) is 85.9 cm³/mol. The van der Waals surface area contributed by atoms with E-state index in [2.05, 4.69) is 5.32 Å². The maximum atomic E-state index is 12.8. The van der Waals surface area contributed by atoms with E-state index in [1.54, 1.807) is 18.0 Å². The molecule has 0 fully saturated rings. The summed E-state index contributed by atoms with van der Waals surface area (Å²) in [6, 6.07) is 6.45. The number of nitrogens with zero attached hydrogens (tertiary/aromatic N) is 2. The molecule has 0 aliphatic carbocycles. The minimum Gasteiger partial charge on any atom is -0.395 e. The SMILES string of the molecule is CC[C@H](C)[C@H]1C(=O)Nc2ccccc2N1C(=O)N(C)CCO. The molecular weight excluding hydrogens is 282 g/mol. The van der Waals surface area contributed by atoms with Crippen LogP contribution in [0, 0.1) is 5.92 Å². The molecule has 120 valence electrons. The van der Waals surface area contributed by atoms with Crippen molar-refractivity contribution >= 4 is 23.3 Å². The highest BCUT2D eigenvalue weighted by Gasteiger charge is 2.40. The van der Waals surface area contributed by atoms with Gasteiger partial charge in [0.15, 0.2) is 0 Å². The monoisotopic (exact) mass is 305 g/mol. The molecule has 0 unspecified atom stereocenters. The number of anilines is 2. The first kappa shape index (κ1) is 16.3. The lowest BCUT2D eigenvalue weighted by atomic mass is 9.94. The molecule has 1 aromatic rings. The van der Waals surface area contributed by atoms with Gasteiger partial charge in [0.1, 0.15) is 6.04 Å². The molecule has 6 nitrogen and oxygen atoms in total. The molecule has 3 amide bonds. The molecular formula is C16H23N3O3. The summed E-state index contributed by atoms with van der Waals surface area (Å²) in [6.07, 6.45) is 0.785. The van der Waals surface area contributed by atoms with Gasteiger partial charge in [0.05, 0.1) is 18.0 Å². The summed E-state index contributed by atoms with van der Waals surface area (Å²) in [5, 5.41) is 11.9. The Morgan fingerprint density at radius 2 is 2.14 bits per heavy atom. The van der Waals surface area contributed by atoms with Crippen molar-refractivity contribution in [2.75, 3.05) is 30.4 Å². The van der Waals surface area contributed by atoms with Gasteiger partial charge < -0.3 is 15.3 Å². The van der Waals surface area contributed by atoms with Crippen molar-refractivity contribution in [3.8, 4) is 0 Å². The van der Waals surface area contributed by atoms with Crippen LogP contribution in [0.2, 0.25) is 0 Å². The van der Waals surface area contributed by atoms with Crippen molar-refractivity contribution < 1.29 is 14.7 Å². The van der Waals surface area contributed by atoms with E-state index in [9.17, 15) is 9.59 Å². The zero-order valence-corrected chi connectivity index (χ0v) is 13.2. The highest BCUT2D eigenvalue weighted by Crippen LogP contribution is 2.35. The van der Waals surface area contributed by atoms with Crippen LogP contribution < -0.4 is 10.2 Å². The van der Waals surface area contributed by atoms with Gasteiger partial charge in [-0.1, -0.05) is 32.4 Å². The topological polar surface area (TPSA) is 72.9 Å². The maximum Gasteiger partial charge on any atom is 0.325 e. The van der Waals surface area contributed by atoms with Crippen LogP contribution in [0.25, 0.3) is 0 Å². The third-order valence-corrected chi connectivity index (χ3v) is 4.12. The first-order chi connectivity index (χ1) is 10.5. The highest BCUT2D eigenvalue weighted by atomic mass is 16.3. The van der Waals surface area contributed by atoms with Crippen molar-refractivity contribution in [3.05, 3.63) is 24.3 Å². The number of aliphatic hydroxyl groups excluding tert-OH is 1. The van der Waals surface area contributed by atoms with Gasteiger partial charge in [-0.2, -0.15) is 0 Å². The summed E-state index contributed by atoms with van der Waals surface area (Å²) in [6.45, 7) is 4.08. The molecule has 0 bridgehead atoms. The Morgan fingerprint density at radius 3 is 2.77 bits per heavy atom. The Bertz CT molecular complexity index is 561. The van der Waals surface area contributed by atoms with E-state index in [-0.39, 0.29) is 31.0 Å². The van der Waals surface area contributed by atoms with Crippen LogP contribution in [0.5, 0.6) is 0 Å². The molecule has 0 saturated carbocycles. The Labute approximate surface area is 130 Å². The van der Waals surface area contributed by atoms with E-state index in [4.69, 9.17) is 5.11 Å². The number of benzene rings is 1. The summed E-state index contributed by atoms with van der Waals surface area (Å²) < 4.78 is 0. The number of carbonyl (C=O) groups is 2. The van der Waals surface area contributed by atoms with Gasteiger partial charge in [-0.05, 0) is 18.1 Å². The minimum absolute atomic E-state index is 0.0276. The average Bonchev–Trinajstić information content (AvgIpc) is 2.52. The number of hydrogen-bond donors (Lipinski definition) is 2. The molecule has 2 rings (SSSR count). The van der Waals surface area contributed by atoms with Crippen LogP contribution in [0.4, 0.5) is 16.2 Å². The van der Waals surface area contributed by atoms with Gasteiger partial charge >= 0.3 is 6.03 Å². The molecule has 22 heavy (non-hydrogen) atoms. The molecule has 1 heterocycles. The Balaban J connectivity index is 2.46. The smallest absolute Gasteiger partial charge is 0.325 e. The third-order valence-electron chi connectivity index (χ3n) is 4.12. The molecule has 0 aromatic heterocycles. The lowest BCUT2D eigenvalue weighted by molar-refractivity contribution is -0.118. The largest absolute Gasteiger partial charge is 0.395 e. The van der Waals surface area contributed by atoms with E-state index >= 15 is 0 Å². The van der Waals surface area contributed by atoms with E-state index in [0.717, 1.165) is 6.42 Å². The molecule has 0 radical (unpaired) electrons. The van der Waals surface area contributed by atoms with Crippen LogP contribution in [0.1, 0.15) is 20.3 Å². The molecule has 0 spiro atoms. The van der Waals surface area contributed by atoms with Crippen LogP contribution in [-0.2, 0) is 4.79 Å². The van der Waals surface area contributed by atoms with Gasteiger partial charge in [-0.25, -0.2) is 4.79 Å². The normalized spacial score (nSPS) is 18.5. The van der Waals surface area contributed by atoms with Crippen molar-refractivity contribution in [1.29, 1.82) is 0 Å². The molecule has 1 aliphatic heterocycles. The summed E-state index contributed by atoms with van der Waals surface area (Å²) in [5.41, 5.74) is 1.33. The molecule has 1 aliphatic rings. The quantitative estimate of drug-likeness (QED) is 0.892. The van der Waals surface area contributed by atoms with Crippen molar-refractivity contribution in [1.82, 2.24) is 4.90 Å². The first-order valence-corrected chi connectivity index (χ1v) is 7.56. The lowest BCUT2D eigenvalue weighted by Gasteiger charge is -2.40. The number of urea groups is 1. The number of nitrogens with one attached hydrogen (secondary N) is 1. The number of aliphatic hydroxyl groups is 1. The van der Waals surface area contributed by atoms with Crippen LogP contribution in [-0.4, -0.2) is 48.2 Å². The number of para-hydroxylation sites is 2. The highest BCUT2D eigenvalue weighted by molar-refractivity contribution is 6.11. The number of rotatable bonds is 4. The summed E-state index contributed by atoms with van der Waals surface area (Å²) in [7, 11) is 1.63. The number of hydrogen-bond acceptors (Lipinski definition) is 3. The van der Waals surface area contributed by atoms with Gasteiger partial charge in [0, 0.05) is 13.6 Å². The fourth-order valence-electron chi connectivity index (χ4n) is 2.65. The van der Waals surface area contributed by atoms with Crippen LogP contribution >= 0.6 is 0 Å². The van der Waals surface area contributed by atoms with Crippen LogP contribution in [0.3, 0.4) is 0 Å². The Hall–Kier alpha value is -2.08. The number of likely N-dealkylation sites (N-methyl/N-ethyl adjacent to an activating group) is 1.